The van der Waals surface area contributed by atoms with Crippen LogP contribution in [0.25, 0.3) is 28.1 Å². The summed E-state index contributed by atoms with van der Waals surface area (Å²) in [6.45, 7) is 10.3. The van der Waals surface area contributed by atoms with Crippen LogP contribution < -0.4 is 0 Å². The van der Waals surface area contributed by atoms with Crippen LogP contribution in [0.5, 0.6) is 0 Å². The van der Waals surface area contributed by atoms with Gasteiger partial charge >= 0.3 is 0 Å². The molecule has 156 valence electrons. The molecule has 2 heterocycles. The van der Waals surface area contributed by atoms with E-state index in [1.807, 2.05) is 18.2 Å². The summed E-state index contributed by atoms with van der Waals surface area (Å²) in [4.78, 5) is 0. The number of hydrogen-bond acceptors (Lipinski definition) is 2. The second-order valence-electron chi connectivity index (χ2n) is 8.40. The van der Waals surface area contributed by atoms with Gasteiger partial charge in [-0.15, -0.1) is 0 Å². The number of benzene rings is 2. The minimum Gasteiger partial charge on any atom is -0.491 e. The van der Waals surface area contributed by atoms with Crippen molar-refractivity contribution in [2.75, 3.05) is 0 Å². The number of rotatable bonds is 4. The van der Waals surface area contributed by atoms with Gasteiger partial charge in [0.25, 0.3) is 0 Å². The van der Waals surface area contributed by atoms with Crippen LogP contribution in [0.2, 0.25) is 0 Å². The van der Waals surface area contributed by atoms with E-state index in [1.54, 1.807) is 0 Å². The molecule has 3 nitrogen and oxygen atoms in total. The van der Waals surface area contributed by atoms with Crippen molar-refractivity contribution < 1.29 is 14.2 Å². The first-order chi connectivity index (χ1) is 14.3. The van der Waals surface area contributed by atoms with Crippen LogP contribution in [-0.2, 0) is 4.74 Å². The Kier molecular flexibility index (Phi) is 5.52. The molecular weight excluding hydrogens is 377 g/mol. The first kappa shape index (κ1) is 20.4. The molecule has 2 atom stereocenters. The molecule has 1 saturated heterocycles. The third kappa shape index (κ3) is 3.92. The smallest absolute Gasteiger partial charge is 0.123 e. The molecule has 4 rings (SSSR count). The summed E-state index contributed by atoms with van der Waals surface area (Å²) in [5.41, 5.74) is 5.42. The second-order valence-corrected chi connectivity index (χ2v) is 8.40. The fourth-order valence-electron chi connectivity index (χ4n) is 4.33. The van der Waals surface area contributed by atoms with Gasteiger partial charge in [0.1, 0.15) is 11.9 Å². The summed E-state index contributed by atoms with van der Waals surface area (Å²) >= 11 is 0. The van der Waals surface area contributed by atoms with Gasteiger partial charge < -0.3 is 14.4 Å². The Hall–Kier alpha value is -2.85. The van der Waals surface area contributed by atoms with Gasteiger partial charge in [-0.2, -0.15) is 0 Å². The maximum absolute atomic E-state index is 13.6. The van der Waals surface area contributed by atoms with Crippen LogP contribution >= 0.6 is 0 Å². The van der Waals surface area contributed by atoms with Gasteiger partial charge in [0, 0.05) is 41.0 Å². The number of aromatic nitrogens is 1. The molecule has 0 radical (unpaired) electrons. The average Bonchev–Trinajstić information content (AvgIpc) is 3.00. The Balaban J connectivity index is 1.91. The molecule has 2 unspecified atom stereocenters. The lowest BCUT2D eigenvalue weighted by Crippen LogP contribution is -2.25. The molecule has 0 bridgehead atoms. The normalized spacial score (nSPS) is 19.7. The number of aliphatic hydroxyl groups is 1. The number of ether oxygens (including phenoxy) is 1. The largest absolute Gasteiger partial charge is 0.491 e. The minimum absolute atomic E-state index is 0.220. The molecule has 0 saturated carbocycles. The van der Waals surface area contributed by atoms with Gasteiger partial charge in [-0.25, -0.2) is 4.39 Å². The molecule has 30 heavy (non-hydrogen) atoms. The van der Waals surface area contributed by atoms with Crippen LogP contribution in [0.15, 0.2) is 60.9 Å². The molecule has 0 amide bonds. The van der Waals surface area contributed by atoms with Crippen molar-refractivity contribution in [1.29, 1.82) is 0 Å². The van der Waals surface area contributed by atoms with E-state index in [9.17, 15) is 9.50 Å². The molecular formula is C26H28FNO2. The van der Waals surface area contributed by atoms with E-state index in [2.05, 4.69) is 56.2 Å². The number of hydrogen-bond donors (Lipinski definition) is 1. The number of aryl methyl sites for hydroxylation is 1. The first-order valence-corrected chi connectivity index (χ1v) is 10.4. The maximum Gasteiger partial charge on any atom is 0.123 e. The van der Waals surface area contributed by atoms with E-state index in [0.717, 1.165) is 27.7 Å². The summed E-state index contributed by atoms with van der Waals surface area (Å²) in [6, 6.07) is 13.4. The summed E-state index contributed by atoms with van der Waals surface area (Å²) in [6.07, 6.45) is 4.45. The zero-order valence-electron chi connectivity index (χ0n) is 17.7. The summed E-state index contributed by atoms with van der Waals surface area (Å²) < 4.78 is 21.7. The Morgan fingerprint density at radius 1 is 1.20 bits per heavy atom. The zero-order chi connectivity index (χ0) is 21.4. The van der Waals surface area contributed by atoms with Crippen LogP contribution in [-0.4, -0.2) is 21.9 Å². The van der Waals surface area contributed by atoms with Gasteiger partial charge in [0.15, 0.2) is 0 Å². The van der Waals surface area contributed by atoms with Crippen molar-refractivity contribution in [3.05, 3.63) is 78.0 Å². The lowest BCUT2D eigenvalue weighted by Gasteiger charge is -2.27. The van der Waals surface area contributed by atoms with E-state index >= 15 is 0 Å². The number of nitrogens with zero attached hydrogens (tertiary/aromatic N) is 1. The molecule has 4 heteroatoms. The summed E-state index contributed by atoms with van der Waals surface area (Å²) in [5.74, 6) is 0.366. The van der Waals surface area contributed by atoms with Crippen molar-refractivity contribution in [3.8, 4) is 11.1 Å². The maximum atomic E-state index is 13.6. The molecule has 3 aromatic rings. The van der Waals surface area contributed by atoms with Crippen LogP contribution in [0, 0.1) is 12.7 Å². The van der Waals surface area contributed by atoms with E-state index in [4.69, 9.17) is 4.74 Å². The highest BCUT2D eigenvalue weighted by atomic mass is 19.1. The minimum atomic E-state index is -0.434. The van der Waals surface area contributed by atoms with Gasteiger partial charge in [-0.3, -0.25) is 0 Å². The van der Waals surface area contributed by atoms with E-state index in [0.29, 0.717) is 18.6 Å². The number of fused-ring (bicyclic) bond motifs is 1. The second kappa shape index (κ2) is 8.11. The average molecular weight is 406 g/mol. The zero-order valence-corrected chi connectivity index (χ0v) is 17.7. The fourth-order valence-corrected chi connectivity index (χ4v) is 4.33. The Morgan fingerprint density at radius 3 is 2.60 bits per heavy atom. The van der Waals surface area contributed by atoms with Crippen LogP contribution in [0.4, 0.5) is 4.39 Å². The highest BCUT2D eigenvalue weighted by molar-refractivity contribution is 6.01. The molecule has 2 aromatic carbocycles. The predicted molar refractivity (Wildman–Crippen MR) is 121 cm³/mol. The van der Waals surface area contributed by atoms with Gasteiger partial charge in [0.05, 0.1) is 11.9 Å². The third-order valence-corrected chi connectivity index (χ3v) is 5.60. The molecule has 0 aliphatic carbocycles. The highest BCUT2D eigenvalue weighted by Gasteiger charge is 2.23. The molecule has 1 N–H and O–H groups in total. The quantitative estimate of drug-likeness (QED) is 0.545. The van der Waals surface area contributed by atoms with Gasteiger partial charge in [-0.05, 0) is 62.8 Å². The Bertz CT molecular complexity index is 1110. The van der Waals surface area contributed by atoms with E-state index in [-0.39, 0.29) is 18.0 Å². The Morgan fingerprint density at radius 2 is 1.93 bits per heavy atom. The molecule has 1 aromatic heterocycles. The van der Waals surface area contributed by atoms with Crippen molar-refractivity contribution in [3.63, 3.8) is 0 Å². The Labute approximate surface area is 177 Å². The van der Waals surface area contributed by atoms with Crippen molar-refractivity contribution in [2.24, 2.45) is 0 Å². The van der Waals surface area contributed by atoms with E-state index in [1.165, 1.54) is 17.7 Å². The lowest BCUT2D eigenvalue weighted by molar-refractivity contribution is 0.0253. The van der Waals surface area contributed by atoms with Gasteiger partial charge in [-0.1, -0.05) is 30.3 Å². The van der Waals surface area contributed by atoms with Crippen molar-refractivity contribution in [1.82, 2.24) is 4.57 Å². The standard InChI is InChI=1S/C26H28FNO2/c1-16(2)28-24-11-5-17(3)13-23(24)26(19-6-8-20(27)9-7-19)25(28)12-10-22-15-21(29)14-18(4)30-22/h5-13,16,21-22,29H,4,14-15H2,1-3H3/b12-10+. The third-order valence-electron chi connectivity index (χ3n) is 5.60. The summed E-state index contributed by atoms with van der Waals surface area (Å²) in [7, 11) is 0. The monoisotopic (exact) mass is 405 g/mol. The number of aliphatic hydroxyl groups excluding tert-OH is 1. The SMILES string of the molecule is C=C1CC(O)CC(/C=C/c2c(-c3ccc(F)cc3)c3cc(C)ccc3n2C(C)C)O1. The topological polar surface area (TPSA) is 34.4 Å². The highest BCUT2D eigenvalue weighted by Crippen LogP contribution is 2.38. The summed E-state index contributed by atoms with van der Waals surface area (Å²) in [5, 5.41) is 11.2. The van der Waals surface area contributed by atoms with Crippen molar-refractivity contribution >= 4 is 17.0 Å². The first-order valence-electron chi connectivity index (χ1n) is 10.4. The molecule has 0 spiro atoms. The molecule has 1 aliphatic heterocycles. The van der Waals surface area contributed by atoms with E-state index < -0.39 is 6.10 Å². The fraction of sp³-hybridized carbons (Fsp3) is 0.308. The number of halogens is 1. The van der Waals surface area contributed by atoms with Crippen LogP contribution in [0.3, 0.4) is 0 Å². The van der Waals surface area contributed by atoms with Gasteiger partial charge in [0.2, 0.25) is 0 Å². The predicted octanol–water partition coefficient (Wildman–Crippen LogP) is 6.40. The molecule has 1 aliphatic rings. The lowest BCUT2D eigenvalue weighted by atomic mass is 9.99. The molecule has 1 fully saturated rings. The van der Waals surface area contributed by atoms with Crippen LogP contribution in [0.1, 0.15) is 44.0 Å². The van der Waals surface area contributed by atoms with Crippen molar-refractivity contribution in [2.45, 2.75) is 51.9 Å².